The minimum atomic E-state index is 0.640. The smallest absolute Gasteiger partial charge is 0.0887 e. The molecule has 0 aliphatic carbocycles. The molecule has 0 fully saturated rings. The predicted molar refractivity (Wildman–Crippen MR) is 57.2 cm³/mol. The zero-order valence-corrected chi connectivity index (χ0v) is 8.49. The Morgan fingerprint density at radius 1 is 0.929 bits per heavy atom. The molecule has 0 spiro atoms. The lowest BCUT2D eigenvalue weighted by atomic mass is 10.2. The Morgan fingerprint density at radius 2 is 1.57 bits per heavy atom. The molecule has 0 aromatic carbocycles. The van der Waals surface area contributed by atoms with Crippen molar-refractivity contribution >= 4 is 11.6 Å². The van der Waals surface area contributed by atoms with Crippen LogP contribution in [0.3, 0.4) is 0 Å². The fraction of sp³-hybridized carbons (Fsp3) is 0.0909. The molecule has 0 bridgehead atoms. The molecule has 0 saturated carbocycles. The van der Waals surface area contributed by atoms with Crippen LogP contribution in [0.4, 0.5) is 0 Å². The van der Waals surface area contributed by atoms with Crippen LogP contribution >= 0.6 is 11.6 Å². The Hall–Kier alpha value is -1.41. The average molecular weight is 205 g/mol. The number of aromatic nitrogens is 2. The number of pyridine rings is 2. The van der Waals surface area contributed by atoms with E-state index in [0.29, 0.717) is 5.02 Å². The quantitative estimate of drug-likeness (QED) is 0.714. The predicted octanol–water partition coefficient (Wildman–Crippen LogP) is 3.11. The van der Waals surface area contributed by atoms with Crippen LogP contribution < -0.4 is 0 Å². The number of halogens is 1. The summed E-state index contributed by atoms with van der Waals surface area (Å²) in [6.07, 6.45) is 3.45. The average Bonchev–Trinajstić information content (AvgIpc) is 2.21. The summed E-state index contributed by atoms with van der Waals surface area (Å²) >= 11 is 5.74. The molecule has 0 unspecified atom stereocenters. The summed E-state index contributed by atoms with van der Waals surface area (Å²) in [5.41, 5.74) is 2.85. The zero-order valence-electron chi connectivity index (χ0n) is 7.74. The van der Waals surface area contributed by atoms with Gasteiger partial charge >= 0.3 is 0 Å². The van der Waals surface area contributed by atoms with E-state index in [4.69, 9.17) is 11.6 Å². The fourth-order valence-corrected chi connectivity index (χ4v) is 1.26. The molecule has 0 amide bonds. The molecule has 0 aliphatic heterocycles. The van der Waals surface area contributed by atoms with Gasteiger partial charge in [-0.15, -0.1) is 0 Å². The zero-order chi connectivity index (χ0) is 9.97. The monoisotopic (exact) mass is 204 g/mol. The maximum Gasteiger partial charge on any atom is 0.0887 e. The van der Waals surface area contributed by atoms with Crippen molar-refractivity contribution in [2.45, 2.75) is 6.92 Å². The van der Waals surface area contributed by atoms with E-state index < -0.39 is 0 Å². The van der Waals surface area contributed by atoms with E-state index in [9.17, 15) is 0 Å². The SMILES string of the molecule is Cc1ccc(-c2ccc(Cl)cn2)nc1. The summed E-state index contributed by atoms with van der Waals surface area (Å²) in [7, 11) is 0. The van der Waals surface area contributed by atoms with Crippen LogP contribution in [0.15, 0.2) is 36.7 Å². The standard InChI is InChI=1S/C11H9ClN2/c1-8-2-4-10(13-6-8)11-5-3-9(12)7-14-11/h2-7H,1H3. The first-order valence-electron chi connectivity index (χ1n) is 4.30. The molecule has 0 N–H and O–H groups in total. The molecule has 0 aliphatic rings. The highest BCUT2D eigenvalue weighted by molar-refractivity contribution is 6.30. The van der Waals surface area contributed by atoms with Gasteiger partial charge in [-0.1, -0.05) is 17.7 Å². The van der Waals surface area contributed by atoms with Crippen molar-refractivity contribution in [2.75, 3.05) is 0 Å². The van der Waals surface area contributed by atoms with Gasteiger partial charge in [0.1, 0.15) is 0 Å². The van der Waals surface area contributed by atoms with Gasteiger partial charge < -0.3 is 0 Å². The van der Waals surface area contributed by atoms with Gasteiger partial charge in [0.25, 0.3) is 0 Å². The highest BCUT2D eigenvalue weighted by atomic mass is 35.5. The second-order valence-corrected chi connectivity index (χ2v) is 3.52. The lowest BCUT2D eigenvalue weighted by Gasteiger charge is -1.99. The highest BCUT2D eigenvalue weighted by Gasteiger charge is 1.99. The Kier molecular flexibility index (Phi) is 2.46. The molecule has 2 nitrogen and oxygen atoms in total. The first-order chi connectivity index (χ1) is 6.75. The van der Waals surface area contributed by atoms with Crippen LogP contribution in [-0.2, 0) is 0 Å². The third-order valence-electron chi connectivity index (χ3n) is 1.90. The molecular weight excluding hydrogens is 196 g/mol. The molecule has 70 valence electrons. The van der Waals surface area contributed by atoms with Crippen molar-refractivity contribution < 1.29 is 0 Å². The lowest BCUT2D eigenvalue weighted by molar-refractivity contribution is 1.22. The van der Waals surface area contributed by atoms with Crippen LogP contribution in [0.2, 0.25) is 5.02 Å². The largest absolute Gasteiger partial charge is 0.254 e. The van der Waals surface area contributed by atoms with E-state index in [0.717, 1.165) is 17.0 Å². The maximum atomic E-state index is 5.74. The van der Waals surface area contributed by atoms with Crippen molar-refractivity contribution in [1.82, 2.24) is 9.97 Å². The molecule has 2 heterocycles. The Bertz CT molecular complexity index is 377. The number of nitrogens with zero attached hydrogens (tertiary/aromatic N) is 2. The van der Waals surface area contributed by atoms with Gasteiger partial charge in [0.05, 0.1) is 16.4 Å². The first kappa shape index (κ1) is 9.16. The van der Waals surface area contributed by atoms with Crippen LogP contribution in [-0.4, -0.2) is 9.97 Å². The number of hydrogen-bond acceptors (Lipinski definition) is 2. The van der Waals surface area contributed by atoms with Crippen LogP contribution in [0.5, 0.6) is 0 Å². The fourth-order valence-electron chi connectivity index (χ4n) is 1.15. The normalized spacial score (nSPS) is 10.1. The third kappa shape index (κ3) is 1.91. The highest BCUT2D eigenvalue weighted by Crippen LogP contribution is 2.16. The van der Waals surface area contributed by atoms with Crippen molar-refractivity contribution in [1.29, 1.82) is 0 Å². The van der Waals surface area contributed by atoms with E-state index in [1.165, 1.54) is 0 Å². The lowest BCUT2D eigenvalue weighted by Crippen LogP contribution is -1.86. The molecule has 14 heavy (non-hydrogen) atoms. The molecule has 3 heteroatoms. The van der Waals surface area contributed by atoms with Crippen molar-refractivity contribution in [3.63, 3.8) is 0 Å². The first-order valence-corrected chi connectivity index (χ1v) is 4.68. The summed E-state index contributed by atoms with van der Waals surface area (Å²) < 4.78 is 0. The summed E-state index contributed by atoms with van der Waals surface area (Å²) in [6.45, 7) is 2.01. The topological polar surface area (TPSA) is 25.8 Å². The number of aryl methyl sites for hydroxylation is 1. The van der Waals surface area contributed by atoms with E-state index >= 15 is 0 Å². The van der Waals surface area contributed by atoms with Gasteiger partial charge in [-0.25, -0.2) is 0 Å². The molecule has 0 saturated heterocycles. The van der Waals surface area contributed by atoms with Gasteiger partial charge in [0.15, 0.2) is 0 Å². The van der Waals surface area contributed by atoms with Gasteiger partial charge in [-0.2, -0.15) is 0 Å². The van der Waals surface area contributed by atoms with Crippen molar-refractivity contribution in [3.05, 3.63) is 47.2 Å². The van der Waals surface area contributed by atoms with Crippen molar-refractivity contribution in [3.8, 4) is 11.4 Å². The molecule has 0 radical (unpaired) electrons. The van der Waals surface area contributed by atoms with Crippen molar-refractivity contribution in [2.24, 2.45) is 0 Å². The van der Waals surface area contributed by atoms with Crippen LogP contribution in [0, 0.1) is 6.92 Å². The Balaban J connectivity index is 2.40. The van der Waals surface area contributed by atoms with Gasteiger partial charge in [0.2, 0.25) is 0 Å². The molecule has 0 atom stereocenters. The van der Waals surface area contributed by atoms with E-state index in [2.05, 4.69) is 9.97 Å². The molecular formula is C11H9ClN2. The van der Waals surface area contributed by atoms with Crippen LogP contribution in [0.25, 0.3) is 11.4 Å². The number of hydrogen-bond donors (Lipinski definition) is 0. The molecule has 2 aromatic rings. The molecule has 2 aromatic heterocycles. The number of rotatable bonds is 1. The summed E-state index contributed by atoms with van der Waals surface area (Å²) in [5.74, 6) is 0. The third-order valence-corrected chi connectivity index (χ3v) is 2.12. The summed E-state index contributed by atoms with van der Waals surface area (Å²) in [4.78, 5) is 8.46. The maximum absolute atomic E-state index is 5.74. The minimum Gasteiger partial charge on any atom is -0.254 e. The summed E-state index contributed by atoms with van der Waals surface area (Å²) in [6, 6.07) is 7.63. The Morgan fingerprint density at radius 3 is 2.07 bits per heavy atom. The van der Waals surface area contributed by atoms with E-state index in [1.807, 2.05) is 37.4 Å². The summed E-state index contributed by atoms with van der Waals surface area (Å²) in [5, 5.41) is 0.640. The van der Waals surface area contributed by atoms with E-state index in [-0.39, 0.29) is 0 Å². The minimum absolute atomic E-state index is 0.640. The van der Waals surface area contributed by atoms with Gasteiger partial charge in [-0.3, -0.25) is 9.97 Å². The van der Waals surface area contributed by atoms with Crippen LogP contribution in [0.1, 0.15) is 5.56 Å². The second kappa shape index (κ2) is 3.76. The van der Waals surface area contributed by atoms with Gasteiger partial charge in [0, 0.05) is 12.4 Å². The second-order valence-electron chi connectivity index (χ2n) is 3.08. The van der Waals surface area contributed by atoms with E-state index in [1.54, 1.807) is 6.20 Å². The molecule has 2 rings (SSSR count). The Labute approximate surface area is 87.6 Å². The van der Waals surface area contributed by atoms with Gasteiger partial charge in [-0.05, 0) is 30.7 Å².